The Balaban J connectivity index is 3.25. The van der Waals surface area contributed by atoms with Crippen molar-refractivity contribution in [2.45, 2.75) is 4.90 Å². The van der Waals surface area contributed by atoms with Gasteiger partial charge >= 0.3 is 0 Å². The van der Waals surface area contributed by atoms with Crippen LogP contribution >= 0.6 is 15.9 Å². The van der Waals surface area contributed by atoms with E-state index >= 15 is 0 Å². The molecule has 0 unspecified atom stereocenters. The number of nitro groups is 1. The summed E-state index contributed by atoms with van der Waals surface area (Å²) in [6, 6.07) is 3.39. The first-order valence-corrected chi connectivity index (χ1v) is 8.86. The summed E-state index contributed by atoms with van der Waals surface area (Å²) in [5.74, 6) is -1.61. The molecule has 1 rings (SSSR count). The summed E-state index contributed by atoms with van der Waals surface area (Å²) in [5.41, 5.74) is -0.621. The molecule has 2 N–H and O–H groups in total. The van der Waals surface area contributed by atoms with Crippen LogP contribution in [0.3, 0.4) is 0 Å². The second kappa shape index (κ2) is 5.53. The molecular formula is C8H9BrN2O6S2. The second-order valence-corrected chi connectivity index (χ2v) is 8.28. The third-order valence-corrected chi connectivity index (χ3v) is 5.37. The van der Waals surface area contributed by atoms with Crippen LogP contribution in [0.1, 0.15) is 0 Å². The number of nitrogens with two attached hydrogens (primary N) is 1. The average Bonchev–Trinajstić information content (AvgIpc) is 2.25. The Morgan fingerprint density at radius 3 is 2.26 bits per heavy atom. The summed E-state index contributed by atoms with van der Waals surface area (Å²) in [6.07, 6.45) is 0. The molecule has 19 heavy (non-hydrogen) atoms. The molecule has 8 nitrogen and oxygen atoms in total. The Morgan fingerprint density at radius 2 is 1.79 bits per heavy atom. The molecule has 106 valence electrons. The minimum atomic E-state index is -4.11. The number of rotatable bonds is 5. The third kappa shape index (κ3) is 4.53. The second-order valence-electron chi connectivity index (χ2n) is 3.56. The Bertz CT molecular complexity index is 713. The number of hydrogen-bond acceptors (Lipinski definition) is 6. The first kappa shape index (κ1) is 16.0. The highest BCUT2D eigenvalue weighted by Crippen LogP contribution is 2.28. The van der Waals surface area contributed by atoms with Crippen molar-refractivity contribution in [3.05, 3.63) is 32.8 Å². The maximum atomic E-state index is 11.9. The first-order chi connectivity index (χ1) is 8.53. The fourth-order valence-corrected chi connectivity index (χ4v) is 4.34. The molecule has 0 aliphatic heterocycles. The van der Waals surface area contributed by atoms with Crippen LogP contribution in [0, 0.1) is 10.1 Å². The Kier molecular flexibility index (Phi) is 4.66. The topological polar surface area (TPSA) is 137 Å². The number of sulfone groups is 1. The van der Waals surface area contributed by atoms with Gasteiger partial charge in [0.1, 0.15) is 4.90 Å². The highest BCUT2D eigenvalue weighted by atomic mass is 79.9. The molecule has 0 saturated carbocycles. The molecule has 0 radical (unpaired) electrons. The zero-order valence-corrected chi connectivity index (χ0v) is 12.5. The predicted octanol–water partition coefficient (Wildman–Crippen LogP) is 0.420. The van der Waals surface area contributed by atoms with Crippen LogP contribution in [-0.2, 0) is 19.9 Å². The van der Waals surface area contributed by atoms with Gasteiger partial charge in [0, 0.05) is 10.5 Å². The molecule has 0 atom stereocenters. The number of benzene rings is 1. The van der Waals surface area contributed by atoms with Crippen molar-refractivity contribution in [2.75, 3.05) is 11.5 Å². The van der Waals surface area contributed by atoms with Gasteiger partial charge in [-0.3, -0.25) is 10.1 Å². The smallest absolute Gasteiger partial charge is 0.258 e. The van der Waals surface area contributed by atoms with Crippen LogP contribution < -0.4 is 5.14 Å². The highest BCUT2D eigenvalue weighted by Gasteiger charge is 2.27. The molecule has 0 aromatic heterocycles. The van der Waals surface area contributed by atoms with Crippen LogP contribution in [0.25, 0.3) is 0 Å². The quantitative estimate of drug-likeness (QED) is 0.586. The average molecular weight is 373 g/mol. The molecule has 0 saturated heterocycles. The largest absolute Gasteiger partial charge is 0.289 e. The zero-order valence-electron chi connectivity index (χ0n) is 9.31. The summed E-state index contributed by atoms with van der Waals surface area (Å²) in [5, 5.41) is 15.5. The molecule has 0 spiro atoms. The van der Waals surface area contributed by atoms with E-state index in [-0.39, 0.29) is 0 Å². The lowest BCUT2D eigenvalue weighted by molar-refractivity contribution is -0.387. The summed E-state index contributed by atoms with van der Waals surface area (Å²) < 4.78 is 45.6. The molecule has 1 aromatic carbocycles. The SMILES string of the molecule is NS(=O)(=O)CCS(=O)(=O)c1ccc(Br)cc1[N+](=O)[O-]. The van der Waals surface area contributed by atoms with Gasteiger partial charge in [-0.15, -0.1) is 0 Å². The van der Waals surface area contributed by atoms with Crippen molar-refractivity contribution in [3.8, 4) is 0 Å². The minimum absolute atomic E-state index is 0.338. The van der Waals surface area contributed by atoms with E-state index in [4.69, 9.17) is 5.14 Å². The van der Waals surface area contributed by atoms with E-state index in [0.717, 1.165) is 12.1 Å². The maximum Gasteiger partial charge on any atom is 0.289 e. The molecule has 0 fully saturated rings. The molecule has 0 amide bonds. The zero-order chi connectivity index (χ0) is 14.8. The summed E-state index contributed by atoms with van der Waals surface area (Å²) in [7, 11) is -8.07. The number of hydrogen-bond donors (Lipinski definition) is 1. The normalized spacial score (nSPS) is 12.3. The van der Waals surface area contributed by atoms with E-state index in [2.05, 4.69) is 15.9 Å². The molecular weight excluding hydrogens is 364 g/mol. The van der Waals surface area contributed by atoms with Gasteiger partial charge in [0.05, 0.1) is 16.4 Å². The van der Waals surface area contributed by atoms with E-state index < -0.39 is 46.9 Å². The maximum absolute atomic E-state index is 11.9. The van der Waals surface area contributed by atoms with Crippen LogP contribution in [0.2, 0.25) is 0 Å². The van der Waals surface area contributed by atoms with Gasteiger partial charge in [0.25, 0.3) is 5.69 Å². The lowest BCUT2D eigenvalue weighted by Gasteiger charge is -2.05. The number of sulfonamides is 1. The summed E-state index contributed by atoms with van der Waals surface area (Å²) in [4.78, 5) is 9.41. The van der Waals surface area contributed by atoms with Crippen LogP contribution in [0.4, 0.5) is 5.69 Å². The molecule has 1 aromatic rings. The van der Waals surface area contributed by atoms with Crippen LogP contribution in [0.15, 0.2) is 27.6 Å². The van der Waals surface area contributed by atoms with Gasteiger partial charge in [0.15, 0.2) is 9.84 Å². The lowest BCUT2D eigenvalue weighted by atomic mass is 10.3. The summed E-state index contributed by atoms with van der Waals surface area (Å²) in [6.45, 7) is 0. The standard InChI is InChI=1S/C8H9BrN2O6S2/c9-6-1-2-8(7(5-6)11(12)13)18(14,15)3-4-19(10,16)17/h1-2,5H,3-4H2,(H2,10,16,17). The number of nitro benzene ring substituents is 1. The van der Waals surface area contributed by atoms with Gasteiger partial charge < -0.3 is 0 Å². The van der Waals surface area contributed by atoms with Crippen molar-refractivity contribution < 1.29 is 21.8 Å². The van der Waals surface area contributed by atoms with Gasteiger partial charge in [0.2, 0.25) is 10.0 Å². The Morgan fingerprint density at radius 1 is 1.21 bits per heavy atom. The minimum Gasteiger partial charge on any atom is -0.258 e. The predicted molar refractivity (Wildman–Crippen MR) is 70.8 cm³/mol. The number of nitrogens with zero attached hydrogens (tertiary/aromatic N) is 1. The van der Waals surface area contributed by atoms with Crippen molar-refractivity contribution >= 4 is 41.5 Å². The fraction of sp³-hybridized carbons (Fsp3) is 0.250. The van der Waals surface area contributed by atoms with Crippen molar-refractivity contribution in [1.29, 1.82) is 0 Å². The molecule has 0 bridgehead atoms. The molecule has 0 aliphatic rings. The van der Waals surface area contributed by atoms with Crippen LogP contribution in [0.5, 0.6) is 0 Å². The van der Waals surface area contributed by atoms with Crippen molar-refractivity contribution in [2.24, 2.45) is 5.14 Å². The van der Waals surface area contributed by atoms with E-state index in [1.807, 2.05) is 0 Å². The van der Waals surface area contributed by atoms with Gasteiger partial charge in [-0.1, -0.05) is 15.9 Å². The summed E-state index contributed by atoms with van der Waals surface area (Å²) >= 11 is 2.99. The highest BCUT2D eigenvalue weighted by molar-refractivity contribution is 9.10. The number of halogens is 1. The van der Waals surface area contributed by atoms with E-state index in [1.165, 1.54) is 6.07 Å². The van der Waals surface area contributed by atoms with Crippen LogP contribution in [-0.4, -0.2) is 33.3 Å². The molecule has 0 aliphatic carbocycles. The Hall–Kier alpha value is -1.04. The third-order valence-electron chi connectivity index (χ3n) is 2.09. The Labute approximate surface area is 117 Å². The monoisotopic (exact) mass is 372 g/mol. The van der Waals surface area contributed by atoms with Crippen molar-refractivity contribution in [1.82, 2.24) is 0 Å². The van der Waals surface area contributed by atoms with E-state index in [1.54, 1.807) is 0 Å². The fourth-order valence-electron chi connectivity index (χ4n) is 1.23. The molecule has 0 heterocycles. The van der Waals surface area contributed by atoms with Crippen molar-refractivity contribution in [3.63, 3.8) is 0 Å². The van der Waals surface area contributed by atoms with Gasteiger partial charge in [-0.25, -0.2) is 22.0 Å². The van der Waals surface area contributed by atoms with E-state index in [9.17, 15) is 26.9 Å². The van der Waals surface area contributed by atoms with Gasteiger partial charge in [-0.05, 0) is 12.1 Å². The molecule has 11 heteroatoms. The van der Waals surface area contributed by atoms with Gasteiger partial charge in [-0.2, -0.15) is 0 Å². The number of primary sulfonamides is 1. The van der Waals surface area contributed by atoms with E-state index in [0.29, 0.717) is 4.47 Å². The first-order valence-electron chi connectivity index (χ1n) is 4.70. The lowest BCUT2D eigenvalue weighted by Crippen LogP contribution is -2.23.